The maximum absolute atomic E-state index is 10.9. The second-order valence-corrected chi connectivity index (χ2v) is 2.94. The molecule has 0 fully saturated rings. The molecular formula is C11H10O4. The summed E-state index contributed by atoms with van der Waals surface area (Å²) >= 11 is 0. The summed E-state index contributed by atoms with van der Waals surface area (Å²) in [6, 6.07) is 5.50. The van der Waals surface area contributed by atoms with Crippen molar-refractivity contribution in [2.75, 3.05) is 13.9 Å². The molecule has 0 spiro atoms. The molecule has 0 unspecified atom stereocenters. The number of benzene rings is 1. The maximum Gasteiger partial charge on any atom is 0.330 e. The van der Waals surface area contributed by atoms with Gasteiger partial charge >= 0.3 is 5.97 Å². The second-order valence-electron chi connectivity index (χ2n) is 2.94. The number of esters is 1. The summed E-state index contributed by atoms with van der Waals surface area (Å²) in [6.45, 7) is 0.221. The Labute approximate surface area is 87.1 Å². The predicted molar refractivity (Wildman–Crippen MR) is 53.6 cm³/mol. The smallest absolute Gasteiger partial charge is 0.330 e. The van der Waals surface area contributed by atoms with Gasteiger partial charge < -0.3 is 14.2 Å². The lowest BCUT2D eigenvalue weighted by Gasteiger charge is -1.99. The van der Waals surface area contributed by atoms with Crippen LogP contribution in [0.15, 0.2) is 24.3 Å². The third-order valence-corrected chi connectivity index (χ3v) is 2.03. The highest BCUT2D eigenvalue weighted by molar-refractivity contribution is 5.87. The number of carbonyl (C=O) groups is 1. The van der Waals surface area contributed by atoms with Crippen LogP contribution in [-0.4, -0.2) is 19.9 Å². The van der Waals surface area contributed by atoms with Crippen LogP contribution in [-0.2, 0) is 9.53 Å². The molecule has 15 heavy (non-hydrogen) atoms. The van der Waals surface area contributed by atoms with E-state index in [-0.39, 0.29) is 6.79 Å². The van der Waals surface area contributed by atoms with Gasteiger partial charge in [-0.25, -0.2) is 4.79 Å². The fraction of sp³-hybridized carbons (Fsp3) is 0.182. The zero-order valence-corrected chi connectivity index (χ0v) is 8.23. The first kappa shape index (κ1) is 9.58. The van der Waals surface area contributed by atoms with Gasteiger partial charge in [-0.15, -0.1) is 0 Å². The van der Waals surface area contributed by atoms with Gasteiger partial charge in [0.05, 0.1) is 7.11 Å². The Morgan fingerprint density at radius 1 is 1.47 bits per heavy atom. The Morgan fingerprint density at radius 3 is 3.13 bits per heavy atom. The summed E-state index contributed by atoms with van der Waals surface area (Å²) in [5, 5.41) is 0. The molecule has 0 amide bonds. The number of rotatable bonds is 2. The number of hydrogen-bond donors (Lipinski definition) is 0. The fourth-order valence-electron chi connectivity index (χ4n) is 1.31. The van der Waals surface area contributed by atoms with E-state index in [1.165, 1.54) is 13.2 Å². The monoisotopic (exact) mass is 206 g/mol. The number of fused-ring (bicyclic) bond motifs is 1. The van der Waals surface area contributed by atoms with Crippen LogP contribution in [0.3, 0.4) is 0 Å². The van der Waals surface area contributed by atoms with E-state index in [2.05, 4.69) is 4.74 Å². The molecule has 78 valence electrons. The van der Waals surface area contributed by atoms with Gasteiger partial charge in [0.15, 0.2) is 11.5 Å². The molecule has 2 rings (SSSR count). The van der Waals surface area contributed by atoms with Crippen molar-refractivity contribution < 1.29 is 19.0 Å². The lowest BCUT2D eigenvalue weighted by Crippen LogP contribution is -1.94. The van der Waals surface area contributed by atoms with Gasteiger partial charge in [-0.3, -0.25) is 0 Å². The van der Waals surface area contributed by atoms with Crippen LogP contribution in [0.5, 0.6) is 11.5 Å². The molecular weight excluding hydrogens is 196 g/mol. The number of para-hydroxylation sites is 1. The largest absolute Gasteiger partial charge is 0.466 e. The molecule has 1 aromatic rings. The SMILES string of the molecule is COC(=O)C=Cc1cccc2c1OCO2. The number of hydrogen-bond acceptors (Lipinski definition) is 4. The first-order chi connectivity index (χ1) is 7.31. The van der Waals surface area contributed by atoms with Crippen LogP contribution in [0.2, 0.25) is 0 Å². The summed E-state index contributed by atoms with van der Waals surface area (Å²) < 4.78 is 15.0. The van der Waals surface area contributed by atoms with Crippen molar-refractivity contribution in [3.05, 3.63) is 29.8 Å². The number of ether oxygens (including phenoxy) is 3. The fourth-order valence-corrected chi connectivity index (χ4v) is 1.31. The van der Waals surface area contributed by atoms with Gasteiger partial charge in [-0.2, -0.15) is 0 Å². The minimum absolute atomic E-state index is 0.221. The Morgan fingerprint density at radius 2 is 2.33 bits per heavy atom. The molecule has 0 radical (unpaired) electrons. The molecule has 1 aromatic carbocycles. The molecule has 0 aromatic heterocycles. The quantitative estimate of drug-likeness (QED) is 0.544. The van der Waals surface area contributed by atoms with Crippen LogP contribution in [0.4, 0.5) is 0 Å². The van der Waals surface area contributed by atoms with E-state index in [9.17, 15) is 4.79 Å². The molecule has 4 heteroatoms. The summed E-state index contributed by atoms with van der Waals surface area (Å²) in [7, 11) is 1.34. The lowest BCUT2D eigenvalue weighted by atomic mass is 10.2. The van der Waals surface area contributed by atoms with Gasteiger partial charge in [0.2, 0.25) is 6.79 Å². The van der Waals surface area contributed by atoms with Gasteiger partial charge in [0.1, 0.15) is 0 Å². The van der Waals surface area contributed by atoms with Gasteiger partial charge in [-0.05, 0) is 12.1 Å². The van der Waals surface area contributed by atoms with E-state index < -0.39 is 5.97 Å². The summed E-state index contributed by atoms with van der Waals surface area (Å²) in [5.74, 6) is 0.964. The summed E-state index contributed by atoms with van der Waals surface area (Å²) in [4.78, 5) is 10.9. The maximum atomic E-state index is 10.9. The lowest BCUT2D eigenvalue weighted by molar-refractivity contribution is -0.134. The summed E-state index contributed by atoms with van der Waals surface area (Å²) in [6.07, 6.45) is 2.98. The molecule has 1 heterocycles. The minimum Gasteiger partial charge on any atom is -0.466 e. The number of carbonyl (C=O) groups excluding carboxylic acids is 1. The van der Waals surface area contributed by atoms with Gasteiger partial charge in [0, 0.05) is 11.6 Å². The average Bonchev–Trinajstić information content (AvgIpc) is 2.74. The molecule has 1 aliphatic heterocycles. The highest BCUT2D eigenvalue weighted by Crippen LogP contribution is 2.35. The zero-order valence-electron chi connectivity index (χ0n) is 8.23. The molecule has 4 nitrogen and oxygen atoms in total. The Bertz CT molecular complexity index is 409. The first-order valence-corrected chi connectivity index (χ1v) is 4.46. The molecule has 0 aliphatic carbocycles. The molecule has 0 bridgehead atoms. The predicted octanol–water partition coefficient (Wildman–Crippen LogP) is 1.60. The van der Waals surface area contributed by atoms with Crippen molar-refractivity contribution in [1.29, 1.82) is 0 Å². The minimum atomic E-state index is -0.397. The van der Waals surface area contributed by atoms with Crippen molar-refractivity contribution in [2.24, 2.45) is 0 Å². The van der Waals surface area contributed by atoms with E-state index in [0.717, 1.165) is 5.56 Å². The highest BCUT2D eigenvalue weighted by Gasteiger charge is 2.15. The van der Waals surface area contributed by atoms with Crippen LogP contribution >= 0.6 is 0 Å². The van der Waals surface area contributed by atoms with Crippen LogP contribution < -0.4 is 9.47 Å². The van der Waals surface area contributed by atoms with Crippen LogP contribution in [0.1, 0.15) is 5.56 Å². The van der Waals surface area contributed by atoms with E-state index in [0.29, 0.717) is 11.5 Å². The molecule has 0 atom stereocenters. The van der Waals surface area contributed by atoms with Crippen molar-refractivity contribution in [3.8, 4) is 11.5 Å². The third-order valence-electron chi connectivity index (χ3n) is 2.03. The second kappa shape index (κ2) is 4.04. The molecule has 0 saturated heterocycles. The highest BCUT2D eigenvalue weighted by atomic mass is 16.7. The Hall–Kier alpha value is -1.97. The van der Waals surface area contributed by atoms with Crippen LogP contribution in [0, 0.1) is 0 Å². The average molecular weight is 206 g/mol. The first-order valence-electron chi connectivity index (χ1n) is 4.46. The topological polar surface area (TPSA) is 44.8 Å². The number of methoxy groups -OCH3 is 1. The molecule has 0 saturated carbocycles. The van der Waals surface area contributed by atoms with Crippen LogP contribution in [0.25, 0.3) is 6.08 Å². The van der Waals surface area contributed by atoms with Crippen molar-refractivity contribution in [2.45, 2.75) is 0 Å². The Kier molecular flexibility index (Phi) is 2.58. The van der Waals surface area contributed by atoms with Crippen molar-refractivity contribution in [1.82, 2.24) is 0 Å². The van der Waals surface area contributed by atoms with Gasteiger partial charge in [-0.1, -0.05) is 12.1 Å². The van der Waals surface area contributed by atoms with Crippen molar-refractivity contribution >= 4 is 12.0 Å². The summed E-state index contributed by atoms with van der Waals surface area (Å²) in [5.41, 5.74) is 0.801. The third kappa shape index (κ3) is 1.93. The van der Waals surface area contributed by atoms with E-state index in [1.54, 1.807) is 6.08 Å². The van der Waals surface area contributed by atoms with E-state index >= 15 is 0 Å². The zero-order chi connectivity index (χ0) is 10.7. The van der Waals surface area contributed by atoms with Gasteiger partial charge in [0.25, 0.3) is 0 Å². The molecule has 1 aliphatic rings. The standard InChI is InChI=1S/C11H10O4/c1-13-10(12)6-5-8-3-2-4-9-11(8)15-7-14-9/h2-6H,7H2,1H3. The normalized spacial score (nSPS) is 13.1. The molecule has 0 N–H and O–H groups in total. The van der Waals surface area contributed by atoms with E-state index in [4.69, 9.17) is 9.47 Å². The van der Waals surface area contributed by atoms with E-state index in [1.807, 2.05) is 18.2 Å². The van der Waals surface area contributed by atoms with Crippen molar-refractivity contribution in [3.63, 3.8) is 0 Å². The Balaban J connectivity index is 2.26.